The first kappa shape index (κ1) is 22.4. The summed E-state index contributed by atoms with van der Waals surface area (Å²) in [6.45, 7) is 2.40. The normalized spacial score (nSPS) is 14.9. The van der Waals surface area contributed by atoms with Gasteiger partial charge >= 0.3 is 6.03 Å². The van der Waals surface area contributed by atoms with Crippen molar-refractivity contribution >= 4 is 40.8 Å². The van der Waals surface area contributed by atoms with Crippen LogP contribution in [0.3, 0.4) is 0 Å². The molecule has 0 saturated carbocycles. The highest BCUT2D eigenvalue weighted by Gasteiger charge is 2.22. The summed E-state index contributed by atoms with van der Waals surface area (Å²) in [6.07, 6.45) is 2.29. The number of piperidine rings is 1. The summed E-state index contributed by atoms with van der Waals surface area (Å²) in [5, 5.41) is 9.96. The monoisotopic (exact) mass is 448 g/mol. The standard InChI is InChI=1S/C22H26Cl2N4O2/c23-17-12-16(13-18(24)14-17)6-9-25-22(30)27-20-7-10-28(11-8-20)15-21(29)26-19-4-2-1-3-5-19/h1-5,12-14,20H,6-11,15H2,(H,26,29)(H2,25,27,30). The molecule has 3 amide bonds. The van der Waals surface area contributed by atoms with Crippen molar-refractivity contribution in [1.29, 1.82) is 0 Å². The van der Waals surface area contributed by atoms with Gasteiger partial charge in [0.1, 0.15) is 0 Å². The van der Waals surface area contributed by atoms with Crippen molar-refractivity contribution in [2.45, 2.75) is 25.3 Å². The van der Waals surface area contributed by atoms with E-state index in [2.05, 4.69) is 20.9 Å². The molecule has 1 aliphatic rings. The maximum atomic E-state index is 12.2. The number of nitrogens with zero attached hydrogens (tertiary/aromatic N) is 1. The Morgan fingerprint density at radius 1 is 1.00 bits per heavy atom. The van der Waals surface area contributed by atoms with Crippen molar-refractivity contribution in [2.75, 3.05) is 31.5 Å². The number of halogens is 2. The molecule has 1 aliphatic heterocycles. The van der Waals surface area contributed by atoms with E-state index in [1.165, 1.54) is 0 Å². The third-order valence-electron chi connectivity index (χ3n) is 4.97. The highest BCUT2D eigenvalue weighted by atomic mass is 35.5. The van der Waals surface area contributed by atoms with Crippen molar-refractivity contribution < 1.29 is 9.59 Å². The predicted molar refractivity (Wildman–Crippen MR) is 121 cm³/mol. The van der Waals surface area contributed by atoms with E-state index in [4.69, 9.17) is 23.2 Å². The minimum Gasteiger partial charge on any atom is -0.338 e. The Morgan fingerprint density at radius 3 is 2.33 bits per heavy atom. The highest BCUT2D eigenvalue weighted by Crippen LogP contribution is 2.19. The molecule has 0 aliphatic carbocycles. The average molecular weight is 449 g/mol. The van der Waals surface area contributed by atoms with Gasteiger partial charge in [0, 0.05) is 41.4 Å². The number of rotatable bonds is 7. The van der Waals surface area contributed by atoms with Gasteiger partial charge in [-0.05, 0) is 55.2 Å². The van der Waals surface area contributed by atoms with Crippen LogP contribution in [-0.4, -0.2) is 49.1 Å². The lowest BCUT2D eigenvalue weighted by molar-refractivity contribution is -0.117. The van der Waals surface area contributed by atoms with E-state index in [-0.39, 0.29) is 18.0 Å². The van der Waals surface area contributed by atoms with Gasteiger partial charge in [-0.3, -0.25) is 9.69 Å². The maximum Gasteiger partial charge on any atom is 0.315 e. The predicted octanol–water partition coefficient (Wildman–Crippen LogP) is 3.94. The quantitative estimate of drug-likeness (QED) is 0.600. The third kappa shape index (κ3) is 7.52. The van der Waals surface area contributed by atoms with Crippen LogP contribution in [0.25, 0.3) is 0 Å². The number of hydrogen-bond donors (Lipinski definition) is 3. The van der Waals surface area contributed by atoms with Crippen LogP contribution < -0.4 is 16.0 Å². The number of urea groups is 1. The molecule has 30 heavy (non-hydrogen) atoms. The maximum absolute atomic E-state index is 12.2. The summed E-state index contributed by atoms with van der Waals surface area (Å²) < 4.78 is 0. The molecule has 2 aromatic rings. The van der Waals surface area contributed by atoms with E-state index in [1.54, 1.807) is 6.07 Å². The first-order valence-electron chi connectivity index (χ1n) is 10.0. The summed E-state index contributed by atoms with van der Waals surface area (Å²) in [4.78, 5) is 26.4. The number of hydrogen-bond acceptors (Lipinski definition) is 3. The molecule has 3 N–H and O–H groups in total. The number of nitrogens with one attached hydrogen (secondary N) is 3. The topological polar surface area (TPSA) is 73.5 Å². The molecule has 0 bridgehead atoms. The fraction of sp³-hybridized carbons (Fsp3) is 0.364. The van der Waals surface area contributed by atoms with E-state index in [0.717, 1.165) is 37.2 Å². The lowest BCUT2D eigenvalue weighted by Gasteiger charge is -2.31. The minimum absolute atomic E-state index is 0.0218. The zero-order chi connectivity index (χ0) is 21.3. The molecule has 6 nitrogen and oxygen atoms in total. The molecule has 2 aromatic carbocycles. The van der Waals surface area contributed by atoms with Crippen LogP contribution in [-0.2, 0) is 11.2 Å². The second-order valence-corrected chi connectivity index (χ2v) is 8.27. The first-order chi connectivity index (χ1) is 14.5. The van der Waals surface area contributed by atoms with Gasteiger partial charge in [0.25, 0.3) is 0 Å². The first-order valence-corrected chi connectivity index (χ1v) is 10.8. The molecule has 0 spiro atoms. The smallest absolute Gasteiger partial charge is 0.315 e. The van der Waals surface area contributed by atoms with E-state index in [1.807, 2.05) is 42.5 Å². The van der Waals surface area contributed by atoms with Crippen LogP contribution in [0.2, 0.25) is 10.0 Å². The molecular weight excluding hydrogens is 423 g/mol. The summed E-state index contributed by atoms with van der Waals surface area (Å²) in [6, 6.07) is 14.7. The van der Waals surface area contributed by atoms with Gasteiger partial charge in [0.05, 0.1) is 6.54 Å². The van der Waals surface area contributed by atoms with Crippen molar-refractivity contribution in [3.8, 4) is 0 Å². The Balaban J connectivity index is 1.32. The minimum atomic E-state index is -0.177. The van der Waals surface area contributed by atoms with E-state index in [9.17, 15) is 9.59 Å². The Kier molecular flexibility index (Phi) is 8.37. The highest BCUT2D eigenvalue weighted by molar-refractivity contribution is 6.34. The summed E-state index contributed by atoms with van der Waals surface area (Å²) >= 11 is 12.0. The Hall–Kier alpha value is -2.28. The fourth-order valence-corrected chi connectivity index (χ4v) is 4.04. The van der Waals surface area contributed by atoms with Crippen LogP contribution in [0.5, 0.6) is 0 Å². The van der Waals surface area contributed by atoms with Gasteiger partial charge in [-0.15, -0.1) is 0 Å². The van der Waals surface area contributed by atoms with Crippen molar-refractivity contribution in [3.05, 3.63) is 64.1 Å². The molecule has 0 aromatic heterocycles. The average Bonchev–Trinajstić information content (AvgIpc) is 2.69. The molecule has 1 heterocycles. The van der Waals surface area contributed by atoms with Gasteiger partial charge in [0.15, 0.2) is 0 Å². The molecule has 0 radical (unpaired) electrons. The van der Waals surface area contributed by atoms with Crippen molar-refractivity contribution in [1.82, 2.24) is 15.5 Å². The zero-order valence-corrected chi connectivity index (χ0v) is 18.2. The van der Waals surface area contributed by atoms with Gasteiger partial charge in [0.2, 0.25) is 5.91 Å². The zero-order valence-electron chi connectivity index (χ0n) is 16.7. The second-order valence-electron chi connectivity index (χ2n) is 7.39. The molecule has 1 saturated heterocycles. The molecule has 160 valence electrons. The van der Waals surface area contributed by atoms with Gasteiger partial charge in [-0.1, -0.05) is 41.4 Å². The largest absolute Gasteiger partial charge is 0.338 e. The Labute approximate surface area is 186 Å². The lowest BCUT2D eigenvalue weighted by atomic mass is 10.1. The van der Waals surface area contributed by atoms with Crippen LogP contribution in [0.1, 0.15) is 18.4 Å². The number of carbonyl (C=O) groups is 2. The molecule has 1 fully saturated rings. The van der Waals surface area contributed by atoms with Gasteiger partial charge in [-0.25, -0.2) is 4.79 Å². The molecule has 8 heteroatoms. The number of benzene rings is 2. The second kappa shape index (κ2) is 11.2. The van der Waals surface area contributed by atoms with E-state index in [0.29, 0.717) is 29.6 Å². The fourth-order valence-electron chi connectivity index (χ4n) is 3.47. The lowest BCUT2D eigenvalue weighted by Crippen LogP contribution is -2.49. The third-order valence-corrected chi connectivity index (χ3v) is 5.41. The number of anilines is 1. The molecule has 3 rings (SSSR count). The molecular formula is C22H26Cl2N4O2. The van der Waals surface area contributed by atoms with E-state index < -0.39 is 0 Å². The number of para-hydroxylation sites is 1. The SMILES string of the molecule is O=C(CN1CCC(NC(=O)NCCc2cc(Cl)cc(Cl)c2)CC1)Nc1ccccc1. The number of likely N-dealkylation sites (tertiary alicyclic amines) is 1. The molecule has 0 atom stereocenters. The van der Waals surface area contributed by atoms with Crippen LogP contribution >= 0.6 is 23.2 Å². The van der Waals surface area contributed by atoms with Crippen LogP contribution in [0.15, 0.2) is 48.5 Å². The van der Waals surface area contributed by atoms with Crippen LogP contribution in [0, 0.1) is 0 Å². The Morgan fingerprint density at radius 2 is 1.67 bits per heavy atom. The summed E-state index contributed by atoms with van der Waals surface area (Å²) in [5.41, 5.74) is 1.78. The van der Waals surface area contributed by atoms with Crippen molar-refractivity contribution in [3.63, 3.8) is 0 Å². The van der Waals surface area contributed by atoms with Crippen LogP contribution in [0.4, 0.5) is 10.5 Å². The molecule has 0 unspecified atom stereocenters. The van der Waals surface area contributed by atoms with Crippen molar-refractivity contribution in [2.24, 2.45) is 0 Å². The van der Waals surface area contributed by atoms with E-state index >= 15 is 0 Å². The summed E-state index contributed by atoms with van der Waals surface area (Å²) in [5.74, 6) is -0.0218. The van der Waals surface area contributed by atoms with Gasteiger partial charge < -0.3 is 16.0 Å². The summed E-state index contributed by atoms with van der Waals surface area (Å²) in [7, 11) is 0. The number of carbonyl (C=O) groups excluding carboxylic acids is 2. The number of amides is 3. The van der Waals surface area contributed by atoms with Gasteiger partial charge in [-0.2, -0.15) is 0 Å². The Bertz CT molecular complexity index is 835.